The zero-order chi connectivity index (χ0) is 15.9. The van der Waals surface area contributed by atoms with Crippen LogP contribution in [0.3, 0.4) is 0 Å². The first kappa shape index (κ1) is 14.2. The molecule has 0 aliphatic carbocycles. The van der Waals surface area contributed by atoms with Crippen LogP contribution in [0.4, 0.5) is 10.1 Å². The molecule has 2 aliphatic rings. The SMILES string of the molecule is CC1(C)OC(=O)C(=CNc2cc3c(cc2F)OCO3)C(=O)O1. The molecule has 1 aromatic carbocycles. The minimum atomic E-state index is -1.32. The van der Waals surface area contributed by atoms with Gasteiger partial charge in [0, 0.05) is 32.2 Å². The molecular formula is C14H12FNO6. The quantitative estimate of drug-likeness (QED) is 0.505. The number of fused-ring (bicyclic) bond motifs is 1. The Morgan fingerprint density at radius 3 is 2.36 bits per heavy atom. The van der Waals surface area contributed by atoms with E-state index in [0.29, 0.717) is 5.75 Å². The summed E-state index contributed by atoms with van der Waals surface area (Å²) in [5.74, 6) is -3.01. The van der Waals surface area contributed by atoms with Gasteiger partial charge in [0.2, 0.25) is 6.79 Å². The van der Waals surface area contributed by atoms with E-state index in [4.69, 9.17) is 18.9 Å². The van der Waals surface area contributed by atoms with Crippen LogP contribution in [-0.4, -0.2) is 24.5 Å². The topological polar surface area (TPSA) is 83.1 Å². The van der Waals surface area contributed by atoms with Crippen LogP contribution in [-0.2, 0) is 19.1 Å². The Morgan fingerprint density at radius 1 is 1.14 bits per heavy atom. The molecule has 2 heterocycles. The second-order valence-corrected chi connectivity index (χ2v) is 5.07. The molecule has 116 valence electrons. The predicted molar refractivity (Wildman–Crippen MR) is 70.5 cm³/mol. The summed E-state index contributed by atoms with van der Waals surface area (Å²) in [7, 11) is 0. The van der Waals surface area contributed by atoms with Crippen molar-refractivity contribution in [2.24, 2.45) is 0 Å². The van der Waals surface area contributed by atoms with Gasteiger partial charge in [0.25, 0.3) is 5.79 Å². The maximum atomic E-state index is 13.9. The maximum absolute atomic E-state index is 13.9. The number of carbonyl (C=O) groups is 2. The van der Waals surface area contributed by atoms with Crippen LogP contribution >= 0.6 is 0 Å². The van der Waals surface area contributed by atoms with E-state index in [9.17, 15) is 14.0 Å². The number of rotatable bonds is 2. The zero-order valence-electron chi connectivity index (χ0n) is 11.8. The van der Waals surface area contributed by atoms with Crippen LogP contribution in [0.2, 0.25) is 0 Å². The van der Waals surface area contributed by atoms with E-state index in [1.807, 2.05) is 0 Å². The highest BCUT2D eigenvalue weighted by molar-refractivity contribution is 6.15. The summed E-state index contributed by atoms with van der Waals surface area (Å²) in [6, 6.07) is 2.50. The molecule has 0 atom stereocenters. The van der Waals surface area contributed by atoms with Gasteiger partial charge in [-0.25, -0.2) is 14.0 Å². The molecule has 2 aliphatic heterocycles. The molecule has 1 N–H and O–H groups in total. The molecule has 22 heavy (non-hydrogen) atoms. The molecule has 3 rings (SSSR count). The molecule has 0 spiro atoms. The van der Waals surface area contributed by atoms with Gasteiger partial charge in [0.1, 0.15) is 0 Å². The van der Waals surface area contributed by atoms with Crippen molar-refractivity contribution >= 4 is 17.6 Å². The van der Waals surface area contributed by atoms with Gasteiger partial charge in [0.05, 0.1) is 5.69 Å². The van der Waals surface area contributed by atoms with Crippen LogP contribution in [0.5, 0.6) is 11.5 Å². The van der Waals surface area contributed by atoms with Crippen molar-refractivity contribution in [3.63, 3.8) is 0 Å². The van der Waals surface area contributed by atoms with E-state index in [0.717, 1.165) is 12.3 Å². The summed E-state index contributed by atoms with van der Waals surface area (Å²) in [5.41, 5.74) is -0.349. The number of nitrogens with one attached hydrogen (secondary N) is 1. The van der Waals surface area contributed by atoms with Gasteiger partial charge in [-0.1, -0.05) is 0 Å². The Morgan fingerprint density at radius 2 is 1.73 bits per heavy atom. The first-order valence-electron chi connectivity index (χ1n) is 6.38. The highest BCUT2D eigenvalue weighted by atomic mass is 19.1. The van der Waals surface area contributed by atoms with Crippen LogP contribution < -0.4 is 14.8 Å². The largest absolute Gasteiger partial charge is 0.454 e. The molecule has 0 bridgehead atoms. The van der Waals surface area contributed by atoms with Crippen molar-refractivity contribution in [2.75, 3.05) is 12.1 Å². The fraction of sp³-hybridized carbons (Fsp3) is 0.286. The Kier molecular flexibility index (Phi) is 3.16. The molecule has 1 saturated heterocycles. The van der Waals surface area contributed by atoms with Crippen molar-refractivity contribution in [2.45, 2.75) is 19.6 Å². The lowest BCUT2D eigenvalue weighted by Crippen LogP contribution is -2.42. The lowest BCUT2D eigenvalue weighted by atomic mass is 10.2. The molecule has 1 fully saturated rings. The number of hydrogen-bond acceptors (Lipinski definition) is 7. The maximum Gasteiger partial charge on any atom is 0.350 e. The highest BCUT2D eigenvalue weighted by Crippen LogP contribution is 2.36. The summed E-state index contributed by atoms with van der Waals surface area (Å²) in [4.78, 5) is 23.5. The number of esters is 2. The summed E-state index contributed by atoms with van der Waals surface area (Å²) >= 11 is 0. The summed E-state index contributed by atoms with van der Waals surface area (Å²) < 4.78 is 33.9. The van der Waals surface area contributed by atoms with Crippen molar-refractivity contribution in [1.82, 2.24) is 0 Å². The second kappa shape index (κ2) is 4.90. The normalized spacial score (nSPS) is 18.6. The summed E-state index contributed by atoms with van der Waals surface area (Å²) in [5, 5.41) is 2.53. The number of cyclic esters (lactones) is 2. The number of ether oxygens (including phenoxy) is 4. The van der Waals surface area contributed by atoms with Gasteiger partial charge in [0.15, 0.2) is 22.9 Å². The lowest BCUT2D eigenvalue weighted by Gasteiger charge is -2.29. The first-order valence-corrected chi connectivity index (χ1v) is 6.38. The zero-order valence-corrected chi connectivity index (χ0v) is 11.8. The Balaban J connectivity index is 1.82. The third-order valence-corrected chi connectivity index (χ3v) is 2.95. The van der Waals surface area contributed by atoms with Crippen molar-refractivity contribution in [1.29, 1.82) is 0 Å². The summed E-state index contributed by atoms with van der Waals surface area (Å²) in [6.45, 7) is 2.88. The Bertz CT molecular complexity index is 675. The van der Waals surface area contributed by atoms with Crippen molar-refractivity contribution < 1.29 is 32.9 Å². The van der Waals surface area contributed by atoms with Gasteiger partial charge >= 0.3 is 11.9 Å². The van der Waals surface area contributed by atoms with E-state index in [1.165, 1.54) is 19.9 Å². The first-order chi connectivity index (χ1) is 10.4. The van der Waals surface area contributed by atoms with E-state index in [-0.39, 0.29) is 23.8 Å². The number of carbonyl (C=O) groups excluding carboxylic acids is 2. The van der Waals surface area contributed by atoms with Gasteiger partial charge in [-0.3, -0.25) is 0 Å². The van der Waals surface area contributed by atoms with Crippen LogP contribution in [0, 0.1) is 5.82 Å². The van der Waals surface area contributed by atoms with E-state index >= 15 is 0 Å². The number of halogens is 1. The van der Waals surface area contributed by atoms with Gasteiger partial charge in [-0.2, -0.15) is 0 Å². The third-order valence-electron chi connectivity index (χ3n) is 2.95. The molecule has 8 heteroatoms. The average Bonchev–Trinajstić information content (AvgIpc) is 2.83. The molecule has 7 nitrogen and oxygen atoms in total. The van der Waals surface area contributed by atoms with Crippen molar-refractivity contribution in [3.8, 4) is 11.5 Å². The standard InChI is InChI=1S/C14H12FNO6/c1-14(2)21-12(17)7(13(18)22-14)5-16-9-4-11-10(3-8(9)15)19-6-20-11/h3-5,16H,6H2,1-2H3. The second-order valence-electron chi connectivity index (χ2n) is 5.07. The Hall–Kier alpha value is -2.77. The summed E-state index contributed by atoms with van der Waals surface area (Å²) in [6.07, 6.45) is 1.03. The van der Waals surface area contributed by atoms with E-state index in [1.54, 1.807) is 0 Å². The predicted octanol–water partition coefficient (Wildman–Crippen LogP) is 1.69. The smallest absolute Gasteiger partial charge is 0.350 e. The fourth-order valence-corrected chi connectivity index (χ4v) is 1.96. The number of anilines is 1. The van der Waals surface area contributed by atoms with Crippen LogP contribution in [0.25, 0.3) is 0 Å². The van der Waals surface area contributed by atoms with Crippen LogP contribution in [0.1, 0.15) is 13.8 Å². The van der Waals surface area contributed by atoms with E-state index < -0.39 is 23.5 Å². The van der Waals surface area contributed by atoms with E-state index in [2.05, 4.69) is 5.32 Å². The minimum absolute atomic E-state index is 0.00699. The minimum Gasteiger partial charge on any atom is -0.454 e. The molecule has 0 aromatic heterocycles. The molecule has 0 saturated carbocycles. The molecule has 0 unspecified atom stereocenters. The highest BCUT2D eigenvalue weighted by Gasteiger charge is 2.39. The monoisotopic (exact) mass is 309 g/mol. The van der Waals surface area contributed by atoms with Gasteiger partial charge in [-0.05, 0) is 0 Å². The van der Waals surface area contributed by atoms with Gasteiger partial charge < -0.3 is 24.3 Å². The molecular weight excluding hydrogens is 297 g/mol. The number of benzene rings is 1. The number of hydrogen-bond donors (Lipinski definition) is 1. The molecule has 0 amide bonds. The molecule has 1 aromatic rings. The Labute approximate surface area is 124 Å². The lowest BCUT2D eigenvalue weighted by molar-refractivity contribution is -0.222. The average molecular weight is 309 g/mol. The van der Waals surface area contributed by atoms with Gasteiger partial charge in [-0.15, -0.1) is 0 Å². The molecule has 0 radical (unpaired) electrons. The van der Waals surface area contributed by atoms with Crippen LogP contribution in [0.15, 0.2) is 23.9 Å². The van der Waals surface area contributed by atoms with Crippen molar-refractivity contribution in [3.05, 3.63) is 29.7 Å². The third kappa shape index (κ3) is 2.54. The fourth-order valence-electron chi connectivity index (χ4n) is 1.96.